The lowest BCUT2D eigenvalue weighted by molar-refractivity contribution is 0.188. The van der Waals surface area contributed by atoms with Crippen molar-refractivity contribution in [1.29, 1.82) is 5.26 Å². The SMILES string of the molecule is COCCNC1(C#N)CCCSC1C. The van der Waals surface area contributed by atoms with Gasteiger partial charge in [0, 0.05) is 18.9 Å². The minimum absolute atomic E-state index is 0.332. The number of nitrogens with zero attached hydrogens (tertiary/aromatic N) is 1. The molecule has 0 radical (unpaired) electrons. The molecule has 80 valence electrons. The molecule has 0 aliphatic carbocycles. The zero-order valence-electron chi connectivity index (χ0n) is 8.88. The van der Waals surface area contributed by atoms with Crippen LogP contribution in [0.3, 0.4) is 0 Å². The van der Waals surface area contributed by atoms with Gasteiger partial charge in [0.1, 0.15) is 5.54 Å². The number of hydrogen-bond acceptors (Lipinski definition) is 4. The number of hydrogen-bond donors (Lipinski definition) is 1. The molecule has 2 atom stereocenters. The van der Waals surface area contributed by atoms with E-state index >= 15 is 0 Å². The highest BCUT2D eigenvalue weighted by Gasteiger charge is 2.38. The van der Waals surface area contributed by atoms with E-state index in [-0.39, 0.29) is 5.54 Å². The smallest absolute Gasteiger partial charge is 0.118 e. The molecule has 1 aliphatic heterocycles. The summed E-state index contributed by atoms with van der Waals surface area (Å²) in [5, 5.41) is 12.9. The van der Waals surface area contributed by atoms with Crippen molar-refractivity contribution >= 4 is 11.8 Å². The maximum Gasteiger partial charge on any atom is 0.118 e. The van der Waals surface area contributed by atoms with Gasteiger partial charge in [-0.25, -0.2) is 0 Å². The van der Waals surface area contributed by atoms with Crippen LogP contribution in [0.5, 0.6) is 0 Å². The van der Waals surface area contributed by atoms with Crippen molar-refractivity contribution in [3.8, 4) is 6.07 Å². The van der Waals surface area contributed by atoms with E-state index in [1.165, 1.54) is 5.75 Å². The van der Waals surface area contributed by atoms with Gasteiger partial charge >= 0.3 is 0 Å². The van der Waals surface area contributed by atoms with Crippen molar-refractivity contribution in [2.75, 3.05) is 26.0 Å². The molecule has 0 aromatic rings. The highest BCUT2D eigenvalue weighted by atomic mass is 32.2. The summed E-state index contributed by atoms with van der Waals surface area (Å²) in [5.74, 6) is 1.18. The van der Waals surface area contributed by atoms with Crippen molar-refractivity contribution in [3.05, 3.63) is 0 Å². The number of thioether (sulfide) groups is 1. The first-order chi connectivity index (χ1) is 6.75. The number of rotatable bonds is 4. The zero-order valence-corrected chi connectivity index (χ0v) is 9.69. The molecule has 0 amide bonds. The molecule has 1 heterocycles. The van der Waals surface area contributed by atoms with Gasteiger partial charge in [-0.2, -0.15) is 17.0 Å². The van der Waals surface area contributed by atoms with E-state index in [2.05, 4.69) is 18.3 Å². The fourth-order valence-corrected chi connectivity index (χ4v) is 2.95. The lowest BCUT2D eigenvalue weighted by atomic mass is 9.91. The molecule has 1 fully saturated rings. The Bertz CT molecular complexity index is 217. The minimum Gasteiger partial charge on any atom is -0.383 e. The van der Waals surface area contributed by atoms with E-state index in [9.17, 15) is 5.26 Å². The topological polar surface area (TPSA) is 45.0 Å². The monoisotopic (exact) mass is 214 g/mol. The summed E-state index contributed by atoms with van der Waals surface area (Å²) in [6.07, 6.45) is 2.09. The van der Waals surface area contributed by atoms with Gasteiger partial charge in [-0.3, -0.25) is 5.32 Å². The average molecular weight is 214 g/mol. The number of nitrogens with one attached hydrogen (secondary N) is 1. The Morgan fingerprint density at radius 1 is 1.71 bits per heavy atom. The Labute approximate surface area is 90.2 Å². The van der Waals surface area contributed by atoms with E-state index < -0.39 is 0 Å². The van der Waals surface area contributed by atoms with Crippen LogP contribution in [-0.4, -0.2) is 36.8 Å². The summed E-state index contributed by atoms with van der Waals surface area (Å²) in [4.78, 5) is 0. The lowest BCUT2D eigenvalue weighted by Crippen LogP contribution is -2.53. The molecular formula is C10H18N2OS. The van der Waals surface area contributed by atoms with Gasteiger partial charge < -0.3 is 4.74 Å². The lowest BCUT2D eigenvalue weighted by Gasteiger charge is -2.37. The molecule has 0 aromatic carbocycles. The second-order valence-electron chi connectivity index (χ2n) is 3.62. The van der Waals surface area contributed by atoms with E-state index in [0.29, 0.717) is 11.9 Å². The quantitative estimate of drug-likeness (QED) is 0.719. The van der Waals surface area contributed by atoms with Crippen LogP contribution >= 0.6 is 11.8 Å². The van der Waals surface area contributed by atoms with Gasteiger partial charge in [0.15, 0.2) is 0 Å². The molecule has 3 nitrogen and oxygen atoms in total. The van der Waals surface area contributed by atoms with Gasteiger partial charge in [0.25, 0.3) is 0 Å². The Hall–Kier alpha value is -0.240. The molecule has 4 heteroatoms. The van der Waals surface area contributed by atoms with Crippen LogP contribution in [0, 0.1) is 11.3 Å². The first kappa shape index (κ1) is 11.8. The van der Waals surface area contributed by atoms with E-state index in [1.807, 2.05) is 11.8 Å². The van der Waals surface area contributed by atoms with Gasteiger partial charge in [-0.15, -0.1) is 0 Å². The molecule has 0 bridgehead atoms. The van der Waals surface area contributed by atoms with Crippen molar-refractivity contribution in [3.63, 3.8) is 0 Å². The first-order valence-electron chi connectivity index (χ1n) is 5.02. The van der Waals surface area contributed by atoms with Crippen LogP contribution in [0.15, 0.2) is 0 Å². The first-order valence-corrected chi connectivity index (χ1v) is 6.07. The molecule has 14 heavy (non-hydrogen) atoms. The number of methoxy groups -OCH3 is 1. The van der Waals surface area contributed by atoms with Crippen LogP contribution in [0.25, 0.3) is 0 Å². The highest BCUT2D eigenvalue weighted by molar-refractivity contribution is 8.00. The second-order valence-corrected chi connectivity index (χ2v) is 5.07. The Morgan fingerprint density at radius 2 is 2.50 bits per heavy atom. The molecule has 1 aliphatic rings. The fourth-order valence-electron chi connectivity index (χ4n) is 1.75. The molecular weight excluding hydrogens is 196 g/mol. The van der Waals surface area contributed by atoms with Crippen molar-refractivity contribution < 1.29 is 4.74 Å². The van der Waals surface area contributed by atoms with E-state index in [1.54, 1.807) is 7.11 Å². The highest BCUT2D eigenvalue weighted by Crippen LogP contribution is 2.33. The molecule has 2 unspecified atom stereocenters. The zero-order chi connectivity index (χ0) is 10.4. The predicted molar refractivity (Wildman–Crippen MR) is 59.4 cm³/mol. The summed E-state index contributed by atoms with van der Waals surface area (Å²) in [7, 11) is 1.68. The Kier molecular flexibility index (Phi) is 4.73. The average Bonchev–Trinajstić information content (AvgIpc) is 2.21. The maximum atomic E-state index is 9.24. The summed E-state index contributed by atoms with van der Waals surface area (Å²) in [5.41, 5.74) is -0.332. The van der Waals surface area contributed by atoms with Crippen LogP contribution in [0.1, 0.15) is 19.8 Å². The molecule has 1 rings (SSSR count). The number of ether oxygens (including phenoxy) is 1. The Balaban J connectivity index is 2.51. The predicted octanol–water partition coefficient (Wildman–Crippen LogP) is 1.40. The molecule has 1 saturated heterocycles. The van der Waals surface area contributed by atoms with Gasteiger partial charge in [-0.1, -0.05) is 6.92 Å². The standard InChI is InChI=1S/C10H18N2OS/c1-9-10(8-11,4-3-7-14-9)12-5-6-13-2/h9,12H,3-7H2,1-2H3. The van der Waals surface area contributed by atoms with Crippen molar-refractivity contribution in [1.82, 2.24) is 5.32 Å². The largest absolute Gasteiger partial charge is 0.383 e. The molecule has 0 aromatic heterocycles. The van der Waals surface area contributed by atoms with Gasteiger partial charge in [-0.05, 0) is 18.6 Å². The summed E-state index contributed by atoms with van der Waals surface area (Å²) >= 11 is 1.88. The minimum atomic E-state index is -0.332. The van der Waals surface area contributed by atoms with Gasteiger partial charge in [0.05, 0.1) is 12.7 Å². The van der Waals surface area contributed by atoms with Crippen LogP contribution < -0.4 is 5.32 Å². The third kappa shape index (κ3) is 2.63. The van der Waals surface area contributed by atoms with Crippen LogP contribution in [-0.2, 0) is 4.74 Å². The maximum absolute atomic E-state index is 9.24. The van der Waals surface area contributed by atoms with Crippen molar-refractivity contribution in [2.45, 2.75) is 30.6 Å². The Morgan fingerprint density at radius 3 is 3.07 bits per heavy atom. The van der Waals surface area contributed by atoms with E-state index in [0.717, 1.165) is 19.4 Å². The fraction of sp³-hybridized carbons (Fsp3) is 0.900. The summed E-state index contributed by atoms with van der Waals surface area (Å²) in [6, 6.07) is 2.44. The van der Waals surface area contributed by atoms with E-state index in [4.69, 9.17) is 4.74 Å². The number of nitriles is 1. The summed E-state index contributed by atoms with van der Waals surface area (Å²) < 4.78 is 4.98. The van der Waals surface area contributed by atoms with Crippen molar-refractivity contribution in [2.24, 2.45) is 0 Å². The van der Waals surface area contributed by atoms with Crippen LogP contribution in [0.2, 0.25) is 0 Å². The van der Waals surface area contributed by atoms with Crippen LogP contribution in [0.4, 0.5) is 0 Å². The van der Waals surface area contributed by atoms with Gasteiger partial charge in [0.2, 0.25) is 0 Å². The third-order valence-electron chi connectivity index (χ3n) is 2.72. The third-order valence-corrected chi connectivity index (χ3v) is 4.15. The molecule has 0 saturated carbocycles. The normalized spacial score (nSPS) is 32.5. The molecule has 0 spiro atoms. The second kappa shape index (κ2) is 5.59. The summed E-state index contributed by atoms with van der Waals surface area (Å²) in [6.45, 7) is 3.56. The molecule has 1 N–H and O–H groups in total.